The summed E-state index contributed by atoms with van der Waals surface area (Å²) in [4.78, 5) is 13.2. The van der Waals surface area contributed by atoms with Crippen molar-refractivity contribution in [1.82, 2.24) is 15.0 Å². The molecule has 0 aliphatic carbocycles. The number of hydrogen-bond acceptors (Lipinski definition) is 5. The molecule has 0 fully saturated rings. The van der Waals surface area contributed by atoms with Crippen LogP contribution >= 0.6 is 11.6 Å². The maximum Gasteiger partial charge on any atom is 0.420 e. The molecular formula is C19H15ClF4N4O. The fraction of sp³-hybridized carbons (Fsp3) is 0.316. The van der Waals surface area contributed by atoms with Crippen molar-refractivity contribution in [1.29, 1.82) is 0 Å². The normalized spacial score (nSPS) is 14.6. The van der Waals surface area contributed by atoms with Crippen LogP contribution in [0.1, 0.15) is 29.1 Å². The minimum Gasteiger partial charge on any atom is -0.493 e. The molecule has 2 aromatic heterocycles. The Hall–Kier alpha value is -2.68. The average Bonchev–Trinajstić information content (AvgIpc) is 2.66. The molecule has 0 radical (unpaired) electrons. The predicted octanol–water partition coefficient (Wildman–Crippen LogP) is 5.08. The summed E-state index contributed by atoms with van der Waals surface area (Å²) in [5.41, 5.74) is 0.109. The number of ether oxygens (including phenoxy) is 1. The van der Waals surface area contributed by atoms with Crippen molar-refractivity contribution in [3.05, 3.63) is 51.8 Å². The second-order valence-corrected chi connectivity index (χ2v) is 7.05. The van der Waals surface area contributed by atoms with E-state index >= 15 is 0 Å². The van der Waals surface area contributed by atoms with Crippen molar-refractivity contribution in [3.8, 4) is 5.75 Å². The zero-order valence-electron chi connectivity index (χ0n) is 15.2. The first-order valence-corrected chi connectivity index (χ1v) is 9.20. The van der Waals surface area contributed by atoms with Gasteiger partial charge in [0.25, 0.3) is 0 Å². The molecule has 1 aromatic carbocycles. The Morgan fingerprint density at radius 3 is 2.69 bits per heavy atom. The monoisotopic (exact) mass is 426 g/mol. The molecule has 0 spiro atoms. The Kier molecular flexibility index (Phi) is 4.94. The molecule has 0 unspecified atom stereocenters. The lowest BCUT2D eigenvalue weighted by Crippen LogP contribution is -2.13. The van der Waals surface area contributed by atoms with E-state index in [1.807, 2.05) is 0 Å². The summed E-state index contributed by atoms with van der Waals surface area (Å²) in [6, 6.07) is 3.06. The number of fused-ring (bicyclic) bond motifs is 5. The SMILES string of the molecule is Cc1nc(Cl)cc2c3nc(nc12)CCCOc1c(cc(F)cc1C(F)(F)F)CN3. The highest BCUT2D eigenvalue weighted by Crippen LogP contribution is 2.39. The number of halogens is 5. The fourth-order valence-electron chi connectivity index (χ4n) is 3.29. The molecule has 10 heteroatoms. The lowest BCUT2D eigenvalue weighted by atomic mass is 10.1. The molecule has 0 atom stereocenters. The van der Waals surface area contributed by atoms with Crippen molar-refractivity contribution < 1.29 is 22.3 Å². The van der Waals surface area contributed by atoms with Crippen LogP contribution in [0.2, 0.25) is 5.15 Å². The Morgan fingerprint density at radius 1 is 1.14 bits per heavy atom. The van der Waals surface area contributed by atoms with Crippen molar-refractivity contribution in [2.45, 2.75) is 32.5 Å². The van der Waals surface area contributed by atoms with E-state index in [4.69, 9.17) is 16.3 Å². The third kappa shape index (κ3) is 3.91. The maximum absolute atomic E-state index is 13.9. The maximum atomic E-state index is 13.9. The van der Waals surface area contributed by atoms with Gasteiger partial charge in [0, 0.05) is 23.9 Å². The van der Waals surface area contributed by atoms with Crippen LogP contribution in [0, 0.1) is 12.7 Å². The van der Waals surface area contributed by atoms with Gasteiger partial charge < -0.3 is 10.1 Å². The number of pyridine rings is 1. The van der Waals surface area contributed by atoms with E-state index in [-0.39, 0.29) is 29.6 Å². The molecule has 29 heavy (non-hydrogen) atoms. The summed E-state index contributed by atoms with van der Waals surface area (Å²) in [6.07, 6.45) is -3.96. The molecule has 5 nitrogen and oxygen atoms in total. The van der Waals surface area contributed by atoms with Crippen LogP contribution in [0.3, 0.4) is 0 Å². The first kappa shape index (κ1) is 19.6. The van der Waals surface area contributed by atoms with Gasteiger partial charge in [0.15, 0.2) is 0 Å². The molecular weight excluding hydrogens is 412 g/mol. The van der Waals surface area contributed by atoms with Crippen LogP contribution in [0.15, 0.2) is 18.2 Å². The third-order valence-corrected chi connectivity index (χ3v) is 4.74. The van der Waals surface area contributed by atoms with Crippen LogP contribution in [-0.2, 0) is 19.1 Å². The highest BCUT2D eigenvalue weighted by molar-refractivity contribution is 6.30. The van der Waals surface area contributed by atoms with E-state index in [1.54, 1.807) is 13.0 Å². The Bertz CT molecular complexity index is 1100. The van der Waals surface area contributed by atoms with Gasteiger partial charge in [-0.15, -0.1) is 0 Å². The minimum absolute atomic E-state index is 0.0102. The van der Waals surface area contributed by atoms with Crippen molar-refractivity contribution in [2.24, 2.45) is 0 Å². The van der Waals surface area contributed by atoms with Gasteiger partial charge in [-0.05, 0) is 31.5 Å². The zero-order valence-corrected chi connectivity index (χ0v) is 16.0. The van der Waals surface area contributed by atoms with Crippen molar-refractivity contribution >= 4 is 28.3 Å². The number of alkyl halides is 3. The lowest BCUT2D eigenvalue weighted by molar-refractivity contribution is -0.139. The first-order chi connectivity index (χ1) is 13.7. The van der Waals surface area contributed by atoms with Gasteiger partial charge in [-0.3, -0.25) is 0 Å². The van der Waals surface area contributed by atoms with E-state index in [0.717, 1.165) is 6.07 Å². The van der Waals surface area contributed by atoms with Gasteiger partial charge in [-0.1, -0.05) is 11.6 Å². The van der Waals surface area contributed by atoms with Gasteiger partial charge in [0.05, 0.1) is 17.8 Å². The summed E-state index contributed by atoms with van der Waals surface area (Å²) >= 11 is 6.05. The van der Waals surface area contributed by atoms with Crippen LogP contribution in [0.4, 0.5) is 23.4 Å². The number of benzene rings is 1. The lowest BCUT2D eigenvalue weighted by Gasteiger charge is -2.18. The fourth-order valence-corrected chi connectivity index (χ4v) is 3.52. The highest BCUT2D eigenvalue weighted by Gasteiger charge is 2.36. The Balaban J connectivity index is 1.85. The summed E-state index contributed by atoms with van der Waals surface area (Å²) < 4.78 is 59.6. The molecule has 0 saturated carbocycles. The quantitative estimate of drug-likeness (QED) is 0.401. The summed E-state index contributed by atoms with van der Waals surface area (Å²) in [6.45, 7) is 1.65. The van der Waals surface area contributed by atoms with Gasteiger partial charge in [0.2, 0.25) is 0 Å². The van der Waals surface area contributed by atoms with Crippen molar-refractivity contribution in [3.63, 3.8) is 0 Å². The van der Waals surface area contributed by atoms with Crippen molar-refractivity contribution in [2.75, 3.05) is 11.9 Å². The molecule has 0 saturated heterocycles. The number of hydrogen-bond donors (Lipinski definition) is 1. The summed E-state index contributed by atoms with van der Waals surface area (Å²) in [5.74, 6) is -0.478. The van der Waals surface area contributed by atoms with Gasteiger partial charge in [-0.2, -0.15) is 13.2 Å². The molecule has 1 aliphatic heterocycles. The number of nitrogens with zero attached hydrogens (tertiary/aromatic N) is 3. The van der Waals surface area contributed by atoms with E-state index in [0.29, 0.717) is 47.1 Å². The van der Waals surface area contributed by atoms with Gasteiger partial charge in [0.1, 0.15) is 33.9 Å². The number of rotatable bonds is 0. The van der Waals surface area contributed by atoms with Crippen LogP contribution in [0.5, 0.6) is 5.75 Å². The molecule has 4 rings (SSSR count). The molecule has 1 aliphatic rings. The molecule has 1 N–H and O–H groups in total. The average molecular weight is 427 g/mol. The molecule has 0 amide bonds. The van der Waals surface area contributed by atoms with Crippen LogP contribution in [-0.4, -0.2) is 21.6 Å². The largest absolute Gasteiger partial charge is 0.493 e. The molecule has 2 bridgehead atoms. The number of aromatic nitrogens is 3. The van der Waals surface area contributed by atoms with E-state index in [9.17, 15) is 17.6 Å². The van der Waals surface area contributed by atoms with Gasteiger partial charge >= 0.3 is 6.18 Å². The molecule has 3 aromatic rings. The topological polar surface area (TPSA) is 59.9 Å². The Morgan fingerprint density at radius 2 is 1.93 bits per heavy atom. The van der Waals surface area contributed by atoms with Crippen LogP contribution < -0.4 is 10.1 Å². The summed E-state index contributed by atoms with van der Waals surface area (Å²) in [5, 5.41) is 3.82. The van der Waals surface area contributed by atoms with E-state index in [2.05, 4.69) is 20.3 Å². The first-order valence-electron chi connectivity index (χ1n) is 8.82. The van der Waals surface area contributed by atoms with E-state index in [1.165, 1.54) is 0 Å². The highest BCUT2D eigenvalue weighted by atomic mass is 35.5. The number of nitrogens with one attached hydrogen (secondary N) is 1. The van der Waals surface area contributed by atoms with E-state index < -0.39 is 17.6 Å². The number of aryl methyl sites for hydroxylation is 2. The summed E-state index contributed by atoms with van der Waals surface area (Å²) in [7, 11) is 0. The molecule has 152 valence electrons. The predicted molar refractivity (Wildman–Crippen MR) is 99.6 cm³/mol. The zero-order chi connectivity index (χ0) is 20.8. The number of anilines is 1. The third-order valence-electron chi connectivity index (χ3n) is 4.55. The second kappa shape index (κ2) is 7.29. The van der Waals surface area contributed by atoms with Crippen LogP contribution in [0.25, 0.3) is 10.9 Å². The smallest absolute Gasteiger partial charge is 0.420 e. The standard InChI is InChI=1S/C19H15ClF4N4O/c1-9-16-12(7-14(20)26-9)18-25-8-10-5-11(21)6-13(19(22,23)24)17(10)29-4-2-3-15(27-16)28-18/h5-7H,2-4,8H2,1H3,(H,25,27,28). The van der Waals surface area contributed by atoms with Gasteiger partial charge in [-0.25, -0.2) is 19.3 Å². The Labute approximate surface area is 168 Å². The second-order valence-electron chi connectivity index (χ2n) is 6.66. The molecule has 3 heterocycles. The minimum atomic E-state index is -4.74.